The zero-order chi connectivity index (χ0) is 19.7. The van der Waals surface area contributed by atoms with E-state index in [0.29, 0.717) is 19.0 Å². The minimum atomic E-state index is -0.264. The molecule has 0 radical (unpaired) electrons. The second-order valence-corrected chi connectivity index (χ2v) is 8.11. The average Bonchev–Trinajstić information content (AvgIpc) is 3.10. The fourth-order valence-electron chi connectivity index (χ4n) is 2.32. The summed E-state index contributed by atoms with van der Waals surface area (Å²) >= 11 is 3.43. The van der Waals surface area contributed by atoms with Crippen LogP contribution in [-0.2, 0) is 17.8 Å². The van der Waals surface area contributed by atoms with Crippen molar-refractivity contribution < 1.29 is 9.21 Å². The van der Waals surface area contributed by atoms with Crippen molar-refractivity contribution in [1.82, 2.24) is 16.0 Å². The van der Waals surface area contributed by atoms with Gasteiger partial charge in [-0.1, -0.05) is 28.1 Å². The number of halogens is 2. The monoisotopic (exact) mass is 562 g/mol. The van der Waals surface area contributed by atoms with Crippen LogP contribution in [-0.4, -0.2) is 30.5 Å². The summed E-state index contributed by atoms with van der Waals surface area (Å²) in [4.78, 5) is 16.6. The fourth-order valence-corrected chi connectivity index (χ4v) is 2.58. The molecule has 0 unspecified atom stereocenters. The van der Waals surface area contributed by atoms with E-state index in [2.05, 4.69) is 36.9 Å². The van der Waals surface area contributed by atoms with Crippen LogP contribution in [0.5, 0.6) is 0 Å². The van der Waals surface area contributed by atoms with Crippen LogP contribution in [0.25, 0.3) is 0 Å². The molecule has 2 rings (SSSR count). The molecule has 0 saturated carbocycles. The molecule has 0 atom stereocenters. The lowest BCUT2D eigenvalue weighted by Crippen LogP contribution is -2.48. The number of nitrogens with zero attached hydrogens (tertiary/aromatic N) is 1. The Morgan fingerprint density at radius 1 is 1.14 bits per heavy atom. The number of hydrogen-bond donors (Lipinski definition) is 3. The molecule has 0 aliphatic heterocycles. The van der Waals surface area contributed by atoms with Gasteiger partial charge >= 0.3 is 0 Å². The lowest BCUT2D eigenvalue weighted by molar-refractivity contribution is -0.121. The van der Waals surface area contributed by atoms with Gasteiger partial charge in [0, 0.05) is 23.0 Å². The normalized spacial score (nSPS) is 11.5. The maximum Gasteiger partial charge on any atom is 0.239 e. The number of nitrogens with one attached hydrogen (secondary N) is 3. The Labute approximate surface area is 192 Å². The van der Waals surface area contributed by atoms with E-state index >= 15 is 0 Å². The van der Waals surface area contributed by atoms with Crippen LogP contribution in [0.4, 0.5) is 0 Å². The Balaban J connectivity index is 0.00000392. The lowest BCUT2D eigenvalue weighted by atomic mass is 10.1. The van der Waals surface area contributed by atoms with Crippen LogP contribution >= 0.6 is 39.9 Å². The van der Waals surface area contributed by atoms with Gasteiger partial charge < -0.3 is 20.4 Å². The highest BCUT2D eigenvalue weighted by Gasteiger charge is 2.13. The first-order valence-corrected chi connectivity index (χ1v) is 9.71. The molecule has 8 heteroatoms. The number of hydrogen-bond acceptors (Lipinski definition) is 3. The largest absolute Gasteiger partial charge is 0.469 e. The van der Waals surface area contributed by atoms with Crippen molar-refractivity contribution in [2.75, 3.05) is 13.1 Å². The molecule has 28 heavy (non-hydrogen) atoms. The molecular weight excluding hydrogens is 535 g/mol. The van der Waals surface area contributed by atoms with E-state index in [0.717, 1.165) is 22.2 Å². The summed E-state index contributed by atoms with van der Waals surface area (Å²) in [5.41, 5.74) is 0.824. The first-order chi connectivity index (χ1) is 12.8. The summed E-state index contributed by atoms with van der Waals surface area (Å²) < 4.78 is 6.37. The van der Waals surface area contributed by atoms with E-state index in [-0.39, 0.29) is 42.0 Å². The summed E-state index contributed by atoms with van der Waals surface area (Å²) in [6.45, 7) is 7.19. The number of carbonyl (C=O) groups is 1. The summed E-state index contributed by atoms with van der Waals surface area (Å²) in [6, 6.07) is 11.8. The minimum Gasteiger partial charge on any atom is -0.469 e. The van der Waals surface area contributed by atoms with E-state index < -0.39 is 0 Å². The quantitative estimate of drug-likeness (QED) is 0.272. The van der Waals surface area contributed by atoms with Gasteiger partial charge in [0.15, 0.2) is 5.96 Å². The van der Waals surface area contributed by atoms with E-state index in [1.165, 1.54) is 0 Å². The highest BCUT2D eigenvalue weighted by atomic mass is 127. The van der Waals surface area contributed by atoms with Crippen LogP contribution in [0.15, 0.2) is 56.5 Å². The van der Waals surface area contributed by atoms with Gasteiger partial charge in [-0.2, -0.15) is 0 Å². The van der Waals surface area contributed by atoms with Crippen molar-refractivity contribution in [2.24, 2.45) is 4.99 Å². The van der Waals surface area contributed by atoms with Gasteiger partial charge in [-0.15, -0.1) is 24.0 Å². The third-order valence-electron chi connectivity index (χ3n) is 3.51. The molecule has 0 saturated heterocycles. The number of carbonyl (C=O) groups excluding carboxylic acids is 1. The van der Waals surface area contributed by atoms with Crippen LogP contribution in [0.2, 0.25) is 0 Å². The Bertz CT molecular complexity index is 741. The standard InChI is InChI=1S/C20H27BrN4O2.HI/c1-20(2,3)25-18(26)14-24-19(22-11-10-17-5-4-12-27-17)23-13-15-6-8-16(21)9-7-15;/h4-9,12H,10-11,13-14H2,1-3H3,(H,25,26)(H2,22,23,24);1H. The van der Waals surface area contributed by atoms with E-state index in [1.54, 1.807) is 6.26 Å². The van der Waals surface area contributed by atoms with Crippen LogP contribution in [0.3, 0.4) is 0 Å². The molecule has 1 heterocycles. The first kappa shape index (κ1) is 24.5. The maximum absolute atomic E-state index is 12.1. The minimum absolute atomic E-state index is 0. The van der Waals surface area contributed by atoms with Crippen LogP contribution in [0, 0.1) is 0 Å². The second kappa shape index (κ2) is 12.1. The molecule has 154 valence electrons. The predicted molar refractivity (Wildman–Crippen MR) is 127 cm³/mol. The van der Waals surface area contributed by atoms with E-state index in [9.17, 15) is 4.79 Å². The number of amides is 1. The van der Waals surface area contributed by atoms with Crippen LogP contribution < -0.4 is 16.0 Å². The van der Waals surface area contributed by atoms with Gasteiger partial charge in [0.1, 0.15) is 5.76 Å². The third kappa shape index (κ3) is 10.1. The molecule has 1 aromatic carbocycles. The molecule has 0 aliphatic rings. The van der Waals surface area contributed by atoms with Gasteiger partial charge in [0.25, 0.3) is 0 Å². The Kier molecular flexibility index (Phi) is 10.6. The number of benzene rings is 1. The van der Waals surface area contributed by atoms with Crippen LogP contribution in [0.1, 0.15) is 32.1 Å². The number of rotatable bonds is 7. The van der Waals surface area contributed by atoms with Gasteiger partial charge in [-0.25, -0.2) is 4.99 Å². The SMILES string of the molecule is CC(C)(C)NC(=O)CNC(=NCc1ccc(Br)cc1)NCCc1ccco1.I. The van der Waals surface area contributed by atoms with Gasteiger partial charge in [0.2, 0.25) is 5.91 Å². The first-order valence-electron chi connectivity index (χ1n) is 8.92. The smallest absolute Gasteiger partial charge is 0.239 e. The third-order valence-corrected chi connectivity index (χ3v) is 4.04. The Morgan fingerprint density at radius 2 is 1.86 bits per heavy atom. The molecule has 0 aliphatic carbocycles. The summed E-state index contributed by atoms with van der Waals surface area (Å²) in [5.74, 6) is 1.42. The fraction of sp³-hybridized carbons (Fsp3) is 0.400. The molecular formula is C20H28BrIN4O2. The van der Waals surface area contributed by atoms with E-state index in [1.807, 2.05) is 57.2 Å². The topological polar surface area (TPSA) is 78.7 Å². The zero-order valence-electron chi connectivity index (χ0n) is 16.4. The van der Waals surface area contributed by atoms with Gasteiger partial charge in [-0.3, -0.25) is 4.79 Å². The number of aliphatic imine (C=N–C) groups is 1. The predicted octanol–water partition coefficient (Wildman–Crippen LogP) is 3.85. The maximum atomic E-state index is 12.1. The van der Waals surface area contributed by atoms with E-state index in [4.69, 9.17) is 4.42 Å². The summed E-state index contributed by atoms with van der Waals surface area (Å²) in [7, 11) is 0. The van der Waals surface area contributed by atoms with Gasteiger partial charge in [0.05, 0.1) is 19.4 Å². The lowest BCUT2D eigenvalue weighted by Gasteiger charge is -2.21. The Hall–Kier alpha value is -1.55. The summed E-state index contributed by atoms with van der Waals surface area (Å²) in [6.07, 6.45) is 2.40. The second-order valence-electron chi connectivity index (χ2n) is 7.20. The van der Waals surface area contributed by atoms with Crippen molar-refractivity contribution in [2.45, 2.75) is 39.3 Å². The molecule has 3 N–H and O–H groups in total. The highest BCUT2D eigenvalue weighted by molar-refractivity contribution is 14.0. The van der Waals surface area contributed by atoms with Gasteiger partial charge in [-0.05, 0) is 50.6 Å². The molecule has 6 nitrogen and oxygen atoms in total. The highest BCUT2D eigenvalue weighted by Crippen LogP contribution is 2.11. The molecule has 0 fully saturated rings. The van der Waals surface area contributed by atoms with Crippen molar-refractivity contribution in [3.05, 3.63) is 58.5 Å². The molecule has 1 amide bonds. The van der Waals surface area contributed by atoms with Crippen molar-refractivity contribution in [3.8, 4) is 0 Å². The van der Waals surface area contributed by atoms with Crippen molar-refractivity contribution in [1.29, 1.82) is 0 Å². The molecule has 1 aromatic heterocycles. The molecule has 0 bridgehead atoms. The average molecular weight is 563 g/mol. The zero-order valence-corrected chi connectivity index (χ0v) is 20.3. The molecule has 0 spiro atoms. The Morgan fingerprint density at radius 3 is 2.46 bits per heavy atom. The molecule has 2 aromatic rings. The van der Waals surface area contributed by atoms with Crippen molar-refractivity contribution >= 4 is 51.8 Å². The number of furan rings is 1. The number of guanidine groups is 1. The van der Waals surface area contributed by atoms with Crippen molar-refractivity contribution in [3.63, 3.8) is 0 Å². The summed E-state index contributed by atoms with van der Waals surface area (Å²) in [5, 5.41) is 9.27.